The highest BCUT2D eigenvalue weighted by molar-refractivity contribution is 7.89. The molecule has 0 aromatic heterocycles. The van der Waals surface area contributed by atoms with E-state index in [2.05, 4.69) is 10.5 Å². The summed E-state index contributed by atoms with van der Waals surface area (Å²) in [6, 6.07) is 13.8. The van der Waals surface area contributed by atoms with Gasteiger partial charge in [0.15, 0.2) is 0 Å². The van der Waals surface area contributed by atoms with Crippen molar-refractivity contribution >= 4 is 22.1 Å². The van der Waals surface area contributed by atoms with Gasteiger partial charge in [0.05, 0.1) is 24.8 Å². The fourth-order valence-corrected chi connectivity index (χ4v) is 5.34. The second-order valence-corrected chi connectivity index (χ2v) is 9.62. The molecule has 1 amide bonds. The van der Waals surface area contributed by atoms with Gasteiger partial charge in [0.2, 0.25) is 10.0 Å². The zero-order valence-electron chi connectivity index (χ0n) is 18.0. The van der Waals surface area contributed by atoms with E-state index in [1.165, 1.54) is 10.5 Å². The molecule has 2 aromatic carbocycles. The average molecular weight is 444 g/mol. The van der Waals surface area contributed by atoms with Gasteiger partial charge in [-0.3, -0.25) is 4.79 Å². The van der Waals surface area contributed by atoms with E-state index in [9.17, 15) is 13.2 Å². The Morgan fingerprint density at radius 3 is 2.55 bits per heavy atom. The second kappa shape index (κ2) is 10.5. The molecule has 1 aliphatic carbocycles. The summed E-state index contributed by atoms with van der Waals surface area (Å²) in [5, 5.41) is 3.98. The number of ether oxygens (including phenoxy) is 1. The van der Waals surface area contributed by atoms with Gasteiger partial charge < -0.3 is 4.74 Å². The fraction of sp³-hybridized carbons (Fsp3) is 0.391. The Labute approximate surface area is 184 Å². The van der Waals surface area contributed by atoms with Crippen LogP contribution in [0, 0.1) is 6.92 Å². The van der Waals surface area contributed by atoms with Crippen molar-refractivity contribution in [1.82, 2.24) is 9.73 Å². The third-order valence-electron chi connectivity index (χ3n) is 5.41. The molecular weight excluding hydrogens is 414 g/mol. The van der Waals surface area contributed by atoms with Crippen LogP contribution in [0.1, 0.15) is 43.2 Å². The summed E-state index contributed by atoms with van der Waals surface area (Å²) in [5.41, 5.74) is 4.19. The van der Waals surface area contributed by atoms with E-state index in [4.69, 9.17) is 4.74 Å². The lowest BCUT2D eigenvalue weighted by molar-refractivity contribution is -0.121. The Hall–Kier alpha value is -2.71. The van der Waals surface area contributed by atoms with E-state index in [-0.39, 0.29) is 17.5 Å². The Kier molecular flexibility index (Phi) is 7.81. The number of hydrogen-bond acceptors (Lipinski definition) is 5. The van der Waals surface area contributed by atoms with Gasteiger partial charge in [-0.1, -0.05) is 49.1 Å². The third kappa shape index (κ3) is 6.15. The van der Waals surface area contributed by atoms with E-state index >= 15 is 0 Å². The van der Waals surface area contributed by atoms with Crippen molar-refractivity contribution in [3.63, 3.8) is 0 Å². The number of nitrogens with one attached hydrogen (secondary N) is 1. The molecule has 1 aliphatic rings. The zero-order valence-corrected chi connectivity index (χ0v) is 18.8. The van der Waals surface area contributed by atoms with Crippen molar-refractivity contribution in [3.8, 4) is 5.75 Å². The number of carbonyl (C=O) groups is 1. The first kappa shape index (κ1) is 23.0. The van der Waals surface area contributed by atoms with E-state index in [0.717, 1.165) is 43.2 Å². The van der Waals surface area contributed by atoms with Crippen LogP contribution >= 0.6 is 0 Å². The maximum absolute atomic E-state index is 13.3. The van der Waals surface area contributed by atoms with Crippen molar-refractivity contribution < 1.29 is 17.9 Å². The molecule has 0 atom stereocenters. The van der Waals surface area contributed by atoms with Crippen molar-refractivity contribution in [2.24, 2.45) is 5.10 Å². The molecule has 166 valence electrons. The zero-order chi connectivity index (χ0) is 22.3. The lowest BCUT2D eigenvalue weighted by Gasteiger charge is -2.32. The van der Waals surface area contributed by atoms with E-state index in [0.29, 0.717) is 5.75 Å². The second-order valence-electron chi connectivity index (χ2n) is 7.72. The minimum atomic E-state index is -3.79. The van der Waals surface area contributed by atoms with Crippen molar-refractivity contribution in [2.45, 2.75) is 50.0 Å². The standard InChI is InChI=1S/C23H29N3O4S/c1-18-11-13-22(14-12-18)31(28,29)26(20-8-4-3-5-9-20)17-23(27)25-24-16-19-7-6-10-21(15-19)30-2/h6-7,10-16,20H,3-5,8-9,17H2,1-2H3,(H,25,27). The van der Waals surface area contributed by atoms with Crippen LogP contribution in [0.4, 0.5) is 0 Å². The molecule has 1 saturated carbocycles. The minimum absolute atomic E-state index is 0.187. The highest BCUT2D eigenvalue weighted by Crippen LogP contribution is 2.27. The van der Waals surface area contributed by atoms with Gasteiger partial charge in [0.25, 0.3) is 5.91 Å². The van der Waals surface area contributed by atoms with Crippen molar-refractivity contribution in [1.29, 1.82) is 0 Å². The molecule has 0 aliphatic heterocycles. The molecule has 0 bridgehead atoms. The van der Waals surface area contributed by atoms with Gasteiger partial charge >= 0.3 is 0 Å². The molecule has 7 nitrogen and oxygen atoms in total. The molecule has 31 heavy (non-hydrogen) atoms. The minimum Gasteiger partial charge on any atom is -0.497 e. The molecule has 1 N–H and O–H groups in total. The molecule has 2 aromatic rings. The van der Waals surface area contributed by atoms with E-state index in [1.54, 1.807) is 37.4 Å². The normalized spacial score (nSPS) is 15.3. The Morgan fingerprint density at radius 1 is 1.16 bits per heavy atom. The first-order valence-electron chi connectivity index (χ1n) is 10.4. The number of carbonyl (C=O) groups excluding carboxylic acids is 1. The fourth-order valence-electron chi connectivity index (χ4n) is 3.70. The quantitative estimate of drug-likeness (QED) is 0.500. The Bertz CT molecular complexity index is 1010. The Morgan fingerprint density at radius 2 is 1.87 bits per heavy atom. The summed E-state index contributed by atoms with van der Waals surface area (Å²) in [7, 11) is -2.22. The highest BCUT2D eigenvalue weighted by atomic mass is 32.2. The first-order chi connectivity index (χ1) is 14.9. The average Bonchev–Trinajstić information content (AvgIpc) is 2.78. The summed E-state index contributed by atoms with van der Waals surface area (Å²) < 4.78 is 33.2. The van der Waals surface area contributed by atoms with Crippen LogP contribution in [0.5, 0.6) is 5.75 Å². The van der Waals surface area contributed by atoms with Crippen LogP contribution in [-0.2, 0) is 14.8 Å². The van der Waals surface area contributed by atoms with Gasteiger partial charge in [0, 0.05) is 6.04 Å². The monoisotopic (exact) mass is 443 g/mol. The number of sulfonamides is 1. The highest BCUT2D eigenvalue weighted by Gasteiger charge is 2.33. The SMILES string of the molecule is COc1cccc(C=NNC(=O)CN(C2CCCCC2)S(=O)(=O)c2ccc(C)cc2)c1. The van der Waals surface area contributed by atoms with E-state index in [1.807, 2.05) is 25.1 Å². The summed E-state index contributed by atoms with van der Waals surface area (Å²) in [5.74, 6) is 0.211. The predicted octanol–water partition coefficient (Wildman–Crippen LogP) is 3.48. The molecule has 0 saturated heterocycles. The van der Waals surface area contributed by atoms with Gasteiger partial charge in [-0.2, -0.15) is 9.41 Å². The molecule has 0 heterocycles. The molecule has 0 radical (unpaired) electrons. The summed E-state index contributed by atoms with van der Waals surface area (Å²) in [6.45, 7) is 1.64. The molecule has 3 rings (SSSR count). The summed E-state index contributed by atoms with van der Waals surface area (Å²) in [4.78, 5) is 12.8. The van der Waals surface area contributed by atoms with Gasteiger partial charge in [0.1, 0.15) is 5.75 Å². The molecule has 8 heteroatoms. The maximum atomic E-state index is 13.3. The number of rotatable bonds is 8. The van der Waals surface area contributed by atoms with Crippen LogP contribution in [0.25, 0.3) is 0 Å². The van der Waals surface area contributed by atoms with E-state index < -0.39 is 15.9 Å². The van der Waals surface area contributed by atoms with Gasteiger partial charge in [-0.25, -0.2) is 13.8 Å². The van der Waals surface area contributed by atoms with Gasteiger partial charge in [-0.05, 0) is 49.6 Å². The predicted molar refractivity (Wildman–Crippen MR) is 121 cm³/mol. The number of nitrogens with zero attached hydrogens (tertiary/aromatic N) is 2. The number of aryl methyl sites for hydroxylation is 1. The van der Waals surface area contributed by atoms with Gasteiger partial charge in [-0.15, -0.1) is 0 Å². The van der Waals surface area contributed by atoms with Crippen LogP contribution in [-0.4, -0.2) is 44.5 Å². The molecule has 1 fully saturated rings. The third-order valence-corrected chi connectivity index (χ3v) is 7.32. The lowest BCUT2D eigenvalue weighted by Crippen LogP contribution is -2.46. The number of benzene rings is 2. The van der Waals surface area contributed by atoms with Crippen molar-refractivity contribution in [2.75, 3.05) is 13.7 Å². The molecular formula is C23H29N3O4S. The summed E-state index contributed by atoms with van der Waals surface area (Å²) >= 11 is 0. The summed E-state index contributed by atoms with van der Waals surface area (Å²) in [6.07, 6.45) is 6.02. The smallest absolute Gasteiger partial charge is 0.255 e. The maximum Gasteiger partial charge on any atom is 0.255 e. The number of hydrogen-bond donors (Lipinski definition) is 1. The van der Waals surface area contributed by atoms with Crippen LogP contribution in [0.3, 0.4) is 0 Å². The van der Waals surface area contributed by atoms with Crippen LogP contribution in [0.2, 0.25) is 0 Å². The lowest BCUT2D eigenvalue weighted by atomic mass is 9.95. The first-order valence-corrected chi connectivity index (χ1v) is 11.9. The van der Waals surface area contributed by atoms with Crippen LogP contribution < -0.4 is 10.2 Å². The van der Waals surface area contributed by atoms with Crippen molar-refractivity contribution in [3.05, 3.63) is 59.7 Å². The number of amides is 1. The Balaban J connectivity index is 1.74. The number of hydrazone groups is 1. The number of methoxy groups -OCH3 is 1. The molecule has 0 spiro atoms. The topological polar surface area (TPSA) is 88.1 Å². The largest absolute Gasteiger partial charge is 0.497 e. The molecule has 0 unspecified atom stereocenters. The van der Waals surface area contributed by atoms with Crippen LogP contribution in [0.15, 0.2) is 58.5 Å².